The van der Waals surface area contributed by atoms with Crippen molar-refractivity contribution in [2.75, 3.05) is 6.61 Å². The number of benzene rings is 1. The van der Waals surface area contributed by atoms with Crippen molar-refractivity contribution in [2.45, 2.75) is 20.4 Å². The van der Waals surface area contributed by atoms with E-state index in [9.17, 15) is 14.9 Å². The second-order valence-electron chi connectivity index (χ2n) is 5.02. The molecule has 0 aliphatic rings. The van der Waals surface area contributed by atoms with Gasteiger partial charge in [-0.05, 0) is 37.6 Å². The molecule has 0 amide bonds. The Labute approximate surface area is 132 Å². The van der Waals surface area contributed by atoms with Gasteiger partial charge in [-0.1, -0.05) is 6.07 Å². The number of hydrogen-bond acceptors (Lipinski definition) is 5. The number of carbonyl (C=O) groups excluding carboxylic acids is 1. The largest absolute Gasteiger partial charge is 0.487 e. The zero-order chi connectivity index (χ0) is 17.0. The number of nitro groups is 1. The molecule has 1 heterocycles. The molecule has 23 heavy (non-hydrogen) atoms. The van der Waals surface area contributed by atoms with E-state index in [0.29, 0.717) is 6.61 Å². The number of Topliss-reactive ketones (excluding diaryl/α,β-unsaturated/α-hetero) is 1. The maximum atomic E-state index is 12.4. The predicted molar refractivity (Wildman–Crippen MR) is 83.6 cm³/mol. The number of ether oxygens (including phenoxy) is 1. The molecule has 7 heteroatoms. The van der Waals surface area contributed by atoms with Gasteiger partial charge >= 0.3 is 5.69 Å². The fourth-order valence-electron chi connectivity index (χ4n) is 2.15. The van der Waals surface area contributed by atoms with Gasteiger partial charge < -0.3 is 9.30 Å². The Morgan fingerprint density at radius 2 is 2.09 bits per heavy atom. The van der Waals surface area contributed by atoms with E-state index in [4.69, 9.17) is 10.1 Å². The van der Waals surface area contributed by atoms with Gasteiger partial charge in [-0.15, -0.1) is 0 Å². The lowest BCUT2D eigenvalue weighted by Crippen LogP contribution is -2.23. The number of ketones is 1. The highest BCUT2D eigenvalue weighted by Gasteiger charge is 2.18. The number of nitrogens with zero attached hydrogens (tertiary/aromatic N) is 2. The van der Waals surface area contributed by atoms with Crippen LogP contribution in [0.15, 0.2) is 36.5 Å². The lowest BCUT2D eigenvalue weighted by Gasteiger charge is -2.09. The summed E-state index contributed by atoms with van der Waals surface area (Å²) in [4.78, 5) is 22.9. The van der Waals surface area contributed by atoms with Crippen molar-refractivity contribution in [1.29, 1.82) is 5.41 Å². The third-order valence-corrected chi connectivity index (χ3v) is 3.26. The third-order valence-electron chi connectivity index (χ3n) is 3.26. The summed E-state index contributed by atoms with van der Waals surface area (Å²) < 4.78 is 6.70. The molecule has 0 saturated carbocycles. The van der Waals surface area contributed by atoms with Crippen molar-refractivity contribution in [1.82, 2.24) is 4.57 Å². The molecule has 0 radical (unpaired) electrons. The van der Waals surface area contributed by atoms with Gasteiger partial charge in [0.05, 0.1) is 18.1 Å². The van der Waals surface area contributed by atoms with Gasteiger partial charge in [-0.2, -0.15) is 0 Å². The first-order valence-corrected chi connectivity index (χ1v) is 7.08. The van der Waals surface area contributed by atoms with Gasteiger partial charge in [-0.25, -0.2) is 0 Å². The van der Waals surface area contributed by atoms with Crippen LogP contribution in [0.3, 0.4) is 0 Å². The fourth-order valence-corrected chi connectivity index (χ4v) is 2.15. The van der Waals surface area contributed by atoms with Crippen LogP contribution in [-0.2, 0) is 6.54 Å². The standard InChI is InChI=1S/C16H17N3O4/c1-3-23-15-6-5-12(8-13(15)19(21)22)14(20)10-18-9-11(2)4-7-16(18)17/h4-9,17H,3,10H2,1-2H3. The SMILES string of the molecule is CCOc1ccc(C(=O)Cn2cc(C)ccc2=N)cc1[N+](=O)[O-]. The highest BCUT2D eigenvalue weighted by atomic mass is 16.6. The third kappa shape index (κ3) is 3.82. The number of hydrogen-bond donors (Lipinski definition) is 1. The molecule has 1 N–H and O–H groups in total. The minimum absolute atomic E-state index is 0.0500. The second-order valence-corrected chi connectivity index (χ2v) is 5.02. The van der Waals surface area contributed by atoms with E-state index in [0.717, 1.165) is 5.56 Å². The first kappa shape index (κ1) is 16.4. The Hall–Kier alpha value is -2.96. The molecule has 0 aliphatic heterocycles. The van der Waals surface area contributed by atoms with Crippen molar-refractivity contribution in [3.05, 3.63) is 63.3 Å². The number of pyridine rings is 1. The van der Waals surface area contributed by atoms with Crippen LogP contribution in [0.5, 0.6) is 5.75 Å². The first-order valence-electron chi connectivity index (χ1n) is 7.08. The van der Waals surface area contributed by atoms with Crippen LogP contribution in [0, 0.1) is 22.4 Å². The summed E-state index contributed by atoms with van der Waals surface area (Å²) in [5.41, 5.74) is 1.10. The Bertz CT molecular complexity index is 811. The quantitative estimate of drug-likeness (QED) is 0.503. The zero-order valence-corrected chi connectivity index (χ0v) is 12.9. The molecule has 2 aromatic rings. The van der Waals surface area contributed by atoms with Crippen LogP contribution >= 0.6 is 0 Å². The van der Waals surface area contributed by atoms with Gasteiger partial charge in [0.15, 0.2) is 11.5 Å². The van der Waals surface area contributed by atoms with Gasteiger partial charge in [0.25, 0.3) is 0 Å². The highest BCUT2D eigenvalue weighted by molar-refractivity contribution is 5.96. The predicted octanol–water partition coefficient (Wildman–Crippen LogP) is 2.47. The Morgan fingerprint density at radius 1 is 1.35 bits per heavy atom. The van der Waals surface area contributed by atoms with E-state index in [1.54, 1.807) is 25.3 Å². The lowest BCUT2D eigenvalue weighted by molar-refractivity contribution is -0.385. The summed E-state index contributed by atoms with van der Waals surface area (Å²) in [6.07, 6.45) is 1.70. The van der Waals surface area contributed by atoms with Crippen molar-refractivity contribution in [3.63, 3.8) is 0 Å². The maximum Gasteiger partial charge on any atom is 0.311 e. The lowest BCUT2D eigenvalue weighted by atomic mass is 10.1. The molecule has 2 rings (SSSR count). The number of carbonyl (C=O) groups is 1. The average molecular weight is 315 g/mol. The van der Waals surface area contributed by atoms with E-state index >= 15 is 0 Å². The van der Waals surface area contributed by atoms with Gasteiger partial charge in [0.2, 0.25) is 0 Å². The minimum atomic E-state index is -0.572. The van der Waals surface area contributed by atoms with Gasteiger partial charge in [0, 0.05) is 17.8 Å². The fraction of sp³-hybridized carbons (Fsp3) is 0.250. The molecule has 0 bridgehead atoms. The van der Waals surface area contributed by atoms with Crippen LogP contribution in [0.2, 0.25) is 0 Å². The average Bonchev–Trinajstić information content (AvgIpc) is 2.51. The molecule has 1 aromatic heterocycles. The molecule has 0 atom stereocenters. The van der Waals surface area contributed by atoms with Gasteiger partial charge in [-0.3, -0.25) is 20.3 Å². The summed E-state index contributed by atoms with van der Waals surface area (Å²) in [5.74, 6) is -0.168. The Morgan fingerprint density at radius 3 is 2.74 bits per heavy atom. The van der Waals surface area contributed by atoms with Crippen LogP contribution in [-0.4, -0.2) is 21.9 Å². The number of aryl methyl sites for hydroxylation is 1. The van der Waals surface area contributed by atoms with E-state index in [1.807, 2.05) is 6.92 Å². The van der Waals surface area contributed by atoms with Crippen LogP contribution in [0.4, 0.5) is 5.69 Å². The van der Waals surface area contributed by atoms with Crippen LogP contribution < -0.4 is 10.2 Å². The number of nitro benzene ring substituents is 1. The molecular weight excluding hydrogens is 298 g/mol. The summed E-state index contributed by atoms with van der Waals surface area (Å²) in [5, 5.41) is 18.9. The molecular formula is C16H17N3O4. The van der Waals surface area contributed by atoms with Crippen molar-refractivity contribution < 1.29 is 14.5 Å². The number of rotatable bonds is 6. The summed E-state index contributed by atoms with van der Waals surface area (Å²) in [6.45, 7) is 3.84. The molecule has 1 aromatic carbocycles. The van der Waals surface area contributed by atoms with Crippen molar-refractivity contribution >= 4 is 11.5 Å². The minimum Gasteiger partial charge on any atom is -0.487 e. The van der Waals surface area contributed by atoms with E-state index in [2.05, 4.69) is 0 Å². The van der Waals surface area contributed by atoms with Crippen LogP contribution in [0.25, 0.3) is 0 Å². The molecule has 7 nitrogen and oxygen atoms in total. The second kappa shape index (κ2) is 6.87. The van der Waals surface area contributed by atoms with E-state index in [1.165, 1.54) is 22.8 Å². The molecule has 0 unspecified atom stereocenters. The molecule has 0 aliphatic carbocycles. The highest BCUT2D eigenvalue weighted by Crippen LogP contribution is 2.28. The normalized spacial score (nSPS) is 10.3. The first-order chi connectivity index (χ1) is 10.9. The summed E-state index contributed by atoms with van der Waals surface area (Å²) in [7, 11) is 0. The Kier molecular flexibility index (Phi) is 4.90. The van der Waals surface area contributed by atoms with Crippen LogP contribution in [0.1, 0.15) is 22.8 Å². The van der Waals surface area contributed by atoms with Crippen molar-refractivity contribution in [2.24, 2.45) is 0 Å². The summed E-state index contributed by atoms with van der Waals surface area (Å²) in [6, 6.07) is 7.53. The Balaban J connectivity index is 2.32. The molecule has 0 saturated heterocycles. The van der Waals surface area contributed by atoms with E-state index < -0.39 is 4.92 Å². The van der Waals surface area contributed by atoms with E-state index in [-0.39, 0.29) is 34.8 Å². The smallest absolute Gasteiger partial charge is 0.311 e. The zero-order valence-electron chi connectivity index (χ0n) is 12.9. The number of aromatic nitrogens is 1. The molecule has 0 fully saturated rings. The topological polar surface area (TPSA) is 98.2 Å². The number of nitrogens with one attached hydrogen (secondary N) is 1. The van der Waals surface area contributed by atoms with Gasteiger partial charge in [0.1, 0.15) is 5.49 Å². The molecule has 0 spiro atoms. The van der Waals surface area contributed by atoms with Crippen molar-refractivity contribution in [3.8, 4) is 5.75 Å². The maximum absolute atomic E-state index is 12.4. The summed E-state index contributed by atoms with van der Waals surface area (Å²) >= 11 is 0. The molecule has 120 valence electrons. The monoisotopic (exact) mass is 315 g/mol.